The second-order valence-electron chi connectivity index (χ2n) is 5.77. The van der Waals surface area contributed by atoms with Crippen molar-refractivity contribution in [2.45, 2.75) is 25.7 Å². The first-order valence-electron chi connectivity index (χ1n) is 8.21. The van der Waals surface area contributed by atoms with Gasteiger partial charge in [0.05, 0.1) is 7.11 Å². The van der Waals surface area contributed by atoms with Crippen molar-refractivity contribution in [3.8, 4) is 5.75 Å². The van der Waals surface area contributed by atoms with Gasteiger partial charge in [-0.15, -0.1) is 0 Å². The molecule has 0 aromatic heterocycles. The first-order valence-corrected chi connectivity index (χ1v) is 9.00. The van der Waals surface area contributed by atoms with Crippen LogP contribution in [0.2, 0.25) is 0 Å². The van der Waals surface area contributed by atoms with Gasteiger partial charge < -0.3 is 15.0 Å². The number of halogens is 1. The van der Waals surface area contributed by atoms with Crippen molar-refractivity contribution in [3.63, 3.8) is 0 Å². The standard InChI is InChI=1S/C18H25BrN2O2/c1-23-17-8-7-16(19)14-15(17)6-9-18(22)20-10-5-13-21-11-3-2-4-12-21/h6-9,14H,2-5,10-13H2,1H3,(H,20,22)/b9-6+. The molecule has 0 aliphatic carbocycles. The molecule has 1 heterocycles. The third kappa shape index (κ3) is 6.36. The van der Waals surface area contributed by atoms with Crippen molar-refractivity contribution in [1.82, 2.24) is 10.2 Å². The van der Waals surface area contributed by atoms with Crippen molar-refractivity contribution in [2.24, 2.45) is 0 Å². The maximum atomic E-state index is 11.9. The largest absolute Gasteiger partial charge is 0.496 e. The molecule has 1 aliphatic heterocycles. The summed E-state index contributed by atoms with van der Waals surface area (Å²) in [5.74, 6) is 0.688. The van der Waals surface area contributed by atoms with Crippen LogP contribution in [-0.2, 0) is 4.79 Å². The van der Waals surface area contributed by atoms with Crippen LogP contribution in [0.5, 0.6) is 5.75 Å². The van der Waals surface area contributed by atoms with Gasteiger partial charge in [-0.2, -0.15) is 0 Å². The molecule has 1 fully saturated rings. The van der Waals surface area contributed by atoms with Gasteiger partial charge in [0.2, 0.25) is 5.91 Å². The minimum atomic E-state index is -0.0642. The van der Waals surface area contributed by atoms with Crippen LogP contribution >= 0.6 is 15.9 Å². The molecule has 0 atom stereocenters. The summed E-state index contributed by atoms with van der Waals surface area (Å²) in [6.45, 7) is 4.20. The van der Waals surface area contributed by atoms with Crippen molar-refractivity contribution in [3.05, 3.63) is 34.3 Å². The summed E-state index contributed by atoms with van der Waals surface area (Å²) >= 11 is 3.43. The Morgan fingerprint density at radius 3 is 2.87 bits per heavy atom. The second-order valence-corrected chi connectivity index (χ2v) is 6.68. The Morgan fingerprint density at radius 2 is 2.13 bits per heavy atom. The zero-order valence-corrected chi connectivity index (χ0v) is 15.3. The second kappa shape index (κ2) is 9.73. The number of amides is 1. The minimum Gasteiger partial charge on any atom is -0.496 e. The number of hydrogen-bond acceptors (Lipinski definition) is 3. The predicted molar refractivity (Wildman–Crippen MR) is 97.6 cm³/mol. The lowest BCUT2D eigenvalue weighted by Gasteiger charge is -2.26. The number of nitrogens with one attached hydrogen (secondary N) is 1. The highest BCUT2D eigenvalue weighted by Gasteiger charge is 2.09. The molecule has 5 heteroatoms. The quantitative estimate of drug-likeness (QED) is 0.581. The van der Waals surface area contributed by atoms with Gasteiger partial charge in [0.1, 0.15) is 5.75 Å². The van der Waals surface area contributed by atoms with E-state index in [1.165, 1.54) is 32.4 Å². The highest BCUT2D eigenvalue weighted by molar-refractivity contribution is 9.10. The van der Waals surface area contributed by atoms with Crippen LogP contribution < -0.4 is 10.1 Å². The molecule has 1 aromatic rings. The molecule has 23 heavy (non-hydrogen) atoms. The number of carbonyl (C=O) groups excluding carboxylic acids is 1. The van der Waals surface area contributed by atoms with E-state index in [0.29, 0.717) is 0 Å². The van der Waals surface area contributed by atoms with Crippen LogP contribution in [0.1, 0.15) is 31.2 Å². The summed E-state index contributed by atoms with van der Waals surface area (Å²) in [6.07, 6.45) is 8.32. The summed E-state index contributed by atoms with van der Waals surface area (Å²) in [6, 6.07) is 5.72. The maximum Gasteiger partial charge on any atom is 0.244 e. The number of piperidine rings is 1. The monoisotopic (exact) mass is 380 g/mol. The number of carbonyl (C=O) groups is 1. The van der Waals surface area contributed by atoms with E-state index in [1.54, 1.807) is 19.3 Å². The van der Waals surface area contributed by atoms with E-state index in [9.17, 15) is 4.79 Å². The van der Waals surface area contributed by atoms with Crippen LogP contribution in [0, 0.1) is 0 Å². The summed E-state index contributed by atoms with van der Waals surface area (Å²) in [7, 11) is 1.63. The van der Waals surface area contributed by atoms with E-state index >= 15 is 0 Å². The Labute approximate surface area is 147 Å². The Hall–Kier alpha value is -1.33. The number of hydrogen-bond donors (Lipinski definition) is 1. The smallest absolute Gasteiger partial charge is 0.244 e. The maximum absolute atomic E-state index is 11.9. The molecule has 2 rings (SSSR count). The van der Waals surface area contributed by atoms with Crippen LogP contribution in [0.4, 0.5) is 0 Å². The zero-order chi connectivity index (χ0) is 16.5. The van der Waals surface area contributed by atoms with Crippen LogP contribution in [0.15, 0.2) is 28.7 Å². The van der Waals surface area contributed by atoms with Gasteiger partial charge in [0, 0.05) is 22.7 Å². The van der Waals surface area contributed by atoms with Gasteiger partial charge in [-0.05, 0) is 63.2 Å². The third-order valence-corrected chi connectivity index (χ3v) is 4.50. The Kier molecular flexibility index (Phi) is 7.62. The van der Waals surface area contributed by atoms with Gasteiger partial charge in [-0.3, -0.25) is 4.79 Å². The van der Waals surface area contributed by atoms with Crippen LogP contribution in [-0.4, -0.2) is 44.1 Å². The lowest BCUT2D eigenvalue weighted by Crippen LogP contribution is -2.33. The van der Waals surface area contributed by atoms with E-state index in [4.69, 9.17) is 4.74 Å². The molecule has 1 N–H and O–H groups in total. The summed E-state index contributed by atoms with van der Waals surface area (Å²) in [4.78, 5) is 14.4. The molecule has 1 amide bonds. The molecule has 0 radical (unpaired) electrons. The van der Waals surface area contributed by atoms with E-state index in [2.05, 4.69) is 26.1 Å². The normalized spacial score (nSPS) is 15.7. The summed E-state index contributed by atoms with van der Waals surface area (Å²) in [5.41, 5.74) is 0.880. The van der Waals surface area contributed by atoms with Crippen LogP contribution in [0.3, 0.4) is 0 Å². The first kappa shape index (κ1) is 18.0. The molecule has 1 saturated heterocycles. The molecular weight excluding hydrogens is 356 g/mol. The Bertz CT molecular complexity index is 540. The molecule has 0 bridgehead atoms. The van der Waals surface area contributed by atoms with Gasteiger partial charge in [0.15, 0.2) is 0 Å². The molecule has 4 nitrogen and oxygen atoms in total. The lowest BCUT2D eigenvalue weighted by atomic mass is 10.1. The molecule has 0 saturated carbocycles. The number of likely N-dealkylation sites (tertiary alicyclic amines) is 1. The van der Waals surface area contributed by atoms with Crippen molar-refractivity contribution in [2.75, 3.05) is 33.3 Å². The number of nitrogens with zero attached hydrogens (tertiary/aromatic N) is 1. The third-order valence-electron chi connectivity index (χ3n) is 4.01. The average molecular weight is 381 g/mol. The summed E-state index contributed by atoms with van der Waals surface area (Å²) < 4.78 is 6.25. The number of methoxy groups -OCH3 is 1. The average Bonchev–Trinajstić information content (AvgIpc) is 2.58. The molecule has 1 aliphatic rings. The first-order chi connectivity index (χ1) is 11.2. The van der Waals surface area contributed by atoms with Crippen molar-refractivity contribution in [1.29, 1.82) is 0 Å². The highest BCUT2D eigenvalue weighted by Crippen LogP contribution is 2.23. The fourth-order valence-corrected chi connectivity index (χ4v) is 3.14. The van der Waals surface area contributed by atoms with E-state index in [-0.39, 0.29) is 5.91 Å². The number of ether oxygens (including phenoxy) is 1. The van der Waals surface area contributed by atoms with Gasteiger partial charge >= 0.3 is 0 Å². The molecule has 0 spiro atoms. The van der Waals surface area contributed by atoms with Crippen molar-refractivity contribution < 1.29 is 9.53 Å². The topological polar surface area (TPSA) is 41.6 Å². The fourth-order valence-electron chi connectivity index (χ4n) is 2.76. The molecular formula is C18H25BrN2O2. The van der Waals surface area contributed by atoms with Crippen LogP contribution in [0.25, 0.3) is 6.08 Å². The highest BCUT2D eigenvalue weighted by atomic mass is 79.9. The van der Waals surface area contributed by atoms with E-state index < -0.39 is 0 Å². The number of rotatable bonds is 7. The van der Waals surface area contributed by atoms with Gasteiger partial charge in [-0.1, -0.05) is 22.4 Å². The number of benzene rings is 1. The molecule has 1 aromatic carbocycles. The SMILES string of the molecule is COc1ccc(Br)cc1/C=C/C(=O)NCCCN1CCCCC1. The Morgan fingerprint density at radius 1 is 1.35 bits per heavy atom. The zero-order valence-electron chi connectivity index (χ0n) is 13.7. The molecule has 126 valence electrons. The lowest BCUT2D eigenvalue weighted by molar-refractivity contribution is -0.116. The van der Waals surface area contributed by atoms with Gasteiger partial charge in [-0.25, -0.2) is 0 Å². The fraction of sp³-hybridized carbons (Fsp3) is 0.500. The van der Waals surface area contributed by atoms with Gasteiger partial charge in [0.25, 0.3) is 0 Å². The van der Waals surface area contributed by atoms with E-state index in [0.717, 1.165) is 35.3 Å². The van der Waals surface area contributed by atoms with Crippen molar-refractivity contribution >= 4 is 27.9 Å². The Balaban J connectivity index is 1.72. The molecule has 0 unspecified atom stereocenters. The predicted octanol–water partition coefficient (Wildman–Crippen LogP) is 3.46. The minimum absolute atomic E-state index is 0.0642. The van der Waals surface area contributed by atoms with E-state index in [1.807, 2.05) is 18.2 Å². The summed E-state index contributed by atoms with van der Waals surface area (Å²) in [5, 5.41) is 2.94.